The first-order chi connectivity index (χ1) is 10.3. The van der Waals surface area contributed by atoms with Gasteiger partial charge in [0.15, 0.2) is 5.96 Å². The average Bonchev–Trinajstić information content (AvgIpc) is 3.03. The van der Waals surface area contributed by atoms with Crippen molar-refractivity contribution in [2.24, 2.45) is 4.99 Å². The normalized spacial score (nSPS) is 20.6. The van der Waals surface area contributed by atoms with E-state index in [1.54, 1.807) is 0 Å². The smallest absolute Gasteiger partial charge is 0.224 e. The zero-order chi connectivity index (χ0) is 14.9. The molecule has 5 nitrogen and oxygen atoms in total. The highest BCUT2D eigenvalue weighted by Crippen LogP contribution is 2.17. The number of aliphatic imine (C=N–C) groups is 1. The Kier molecular flexibility index (Phi) is 6.83. The standard InChI is InChI=1S/C16H30N4O/c1-2-17-16(19-14-8-4-3-5-9-14)18-11-10-15(21)20-12-6-7-13-20/h14H,2-13H2,1H3,(H2,17,18,19). The van der Waals surface area contributed by atoms with Crippen LogP contribution in [0.5, 0.6) is 0 Å². The predicted octanol–water partition coefficient (Wildman–Crippen LogP) is 1.89. The highest BCUT2D eigenvalue weighted by molar-refractivity contribution is 5.81. The molecule has 5 heteroatoms. The first kappa shape index (κ1) is 16.1. The van der Waals surface area contributed by atoms with Gasteiger partial charge < -0.3 is 15.5 Å². The Balaban J connectivity index is 1.74. The molecule has 0 atom stereocenters. The summed E-state index contributed by atoms with van der Waals surface area (Å²) in [6.07, 6.45) is 9.28. The third kappa shape index (κ3) is 5.56. The molecule has 0 radical (unpaired) electrons. The lowest BCUT2D eigenvalue weighted by molar-refractivity contribution is -0.129. The Morgan fingerprint density at radius 1 is 1.14 bits per heavy atom. The van der Waals surface area contributed by atoms with E-state index in [1.165, 1.54) is 32.1 Å². The van der Waals surface area contributed by atoms with Gasteiger partial charge in [-0.2, -0.15) is 0 Å². The van der Waals surface area contributed by atoms with Gasteiger partial charge in [0.2, 0.25) is 5.91 Å². The van der Waals surface area contributed by atoms with Crippen LogP contribution in [0.15, 0.2) is 4.99 Å². The van der Waals surface area contributed by atoms with Gasteiger partial charge in [-0.15, -0.1) is 0 Å². The number of carbonyl (C=O) groups excluding carboxylic acids is 1. The molecule has 1 aliphatic carbocycles. The van der Waals surface area contributed by atoms with E-state index in [4.69, 9.17) is 0 Å². The third-order valence-electron chi connectivity index (χ3n) is 4.34. The molecular formula is C16H30N4O. The quantitative estimate of drug-likeness (QED) is 0.601. The van der Waals surface area contributed by atoms with Crippen LogP contribution in [0.3, 0.4) is 0 Å². The van der Waals surface area contributed by atoms with Crippen molar-refractivity contribution in [2.75, 3.05) is 26.2 Å². The molecule has 1 heterocycles. The maximum absolute atomic E-state index is 12.0. The lowest BCUT2D eigenvalue weighted by Gasteiger charge is -2.25. The van der Waals surface area contributed by atoms with Gasteiger partial charge in [0.05, 0.1) is 6.54 Å². The van der Waals surface area contributed by atoms with E-state index in [9.17, 15) is 4.79 Å². The molecule has 1 amide bonds. The minimum atomic E-state index is 0.254. The average molecular weight is 294 g/mol. The third-order valence-corrected chi connectivity index (χ3v) is 4.34. The number of amides is 1. The first-order valence-corrected chi connectivity index (χ1v) is 8.62. The molecule has 2 N–H and O–H groups in total. The van der Waals surface area contributed by atoms with Gasteiger partial charge in [-0.25, -0.2) is 0 Å². The molecule has 0 aromatic heterocycles. The molecule has 2 aliphatic rings. The fourth-order valence-electron chi connectivity index (χ4n) is 3.15. The number of rotatable bonds is 5. The molecule has 2 fully saturated rings. The van der Waals surface area contributed by atoms with Gasteiger partial charge in [-0.05, 0) is 32.6 Å². The van der Waals surface area contributed by atoms with Crippen LogP contribution in [0.25, 0.3) is 0 Å². The minimum absolute atomic E-state index is 0.254. The summed E-state index contributed by atoms with van der Waals surface area (Å²) in [5.74, 6) is 1.13. The van der Waals surface area contributed by atoms with Crippen LogP contribution < -0.4 is 10.6 Å². The van der Waals surface area contributed by atoms with Crippen LogP contribution >= 0.6 is 0 Å². The number of guanidine groups is 1. The summed E-state index contributed by atoms with van der Waals surface area (Å²) in [6.45, 7) is 5.38. The van der Waals surface area contributed by atoms with Gasteiger partial charge in [0.25, 0.3) is 0 Å². The lowest BCUT2D eigenvalue weighted by Crippen LogP contribution is -2.44. The molecular weight excluding hydrogens is 264 g/mol. The molecule has 0 bridgehead atoms. The van der Waals surface area contributed by atoms with Crippen molar-refractivity contribution in [3.05, 3.63) is 0 Å². The maximum atomic E-state index is 12.0. The number of nitrogens with one attached hydrogen (secondary N) is 2. The summed E-state index contributed by atoms with van der Waals surface area (Å²) in [5.41, 5.74) is 0. The van der Waals surface area contributed by atoms with Crippen molar-refractivity contribution in [1.29, 1.82) is 0 Å². The van der Waals surface area contributed by atoms with Crippen molar-refractivity contribution in [3.63, 3.8) is 0 Å². The van der Waals surface area contributed by atoms with Crippen molar-refractivity contribution >= 4 is 11.9 Å². The van der Waals surface area contributed by atoms with Gasteiger partial charge in [-0.1, -0.05) is 19.3 Å². The topological polar surface area (TPSA) is 56.7 Å². The summed E-state index contributed by atoms with van der Waals surface area (Å²) >= 11 is 0. The minimum Gasteiger partial charge on any atom is -0.357 e. The lowest BCUT2D eigenvalue weighted by atomic mass is 9.96. The summed E-state index contributed by atoms with van der Waals surface area (Å²) in [5, 5.41) is 6.80. The zero-order valence-electron chi connectivity index (χ0n) is 13.4. The highest BCUT2D eigenvalue weighted by atomic mass is 16.2. The van der Waals surface area contributed by atoms with Gasteiger partial charge in [0.1, 0.15) is 0 Å². The molecule has 0 unspecified atom stereocenters. The Labute approximate surface area is 128 Å². The second-order valence-electron chi connectivity index (χ2n) is 6.08. The van der Waals surface area contributed by atoms with Gasteiger partial charge >= 0.3 is 0 Å². The fraction of sp³-hybridized carbons (Fsp3) is 0.875. The molecule has 0 aromatic rings. The van der Waals surface area contributed by atoms with E-state index in [0.717, 1.165) is 38.4 Å². The largest absolute Gasteiger partial charge is 0.357 e. The summed E-state index contributed by atoms with van der Waals surface area (Å²) in [6, 6.07) is 0.547. The van der Waals surface area contributed by atoms with Crippen molar-refractivity contribution in [3.8, 4) is 0 Å². The summed E-state index contributed by atoms with van der Waals surface area (Å²) in [7, 11) is 0. The van der Waals surface area contributed by atoms with E-state index < -0.39 is 0 Å². The Hall–Kier alpha value is -1.26. The number of hydrogen-bond acceptors (Lipinski definition) is 2. The molecule has 1 saturated heterocycles. The molecule has 1 saturated carbocycles. The van der Waals surface area contributed by atoms with E-state index in [-0.39, 0.29) is 5.91 Å². The Morgan fingerprint density at radius 3 is 2.52 bits per heavy atom. The van der Waals surface area contributed by atoms with Gasteiger partial charge in [0, 0.05) is 32.1 Å². The zero-order valence-corrected chi connectivity index (χ0v) is 13.4. The van der Waals surface area contributed by atoms with Crippen LogP contribution in [-0.4, -0.2) is 49.0 Å². The monoisotopic (exact) mass is 294 g/mol. The molecule has 0 aromatic carbocycles. The molecule has 1 aliphatic heterocycles. The SMILES string of the molecule is CCNC(=NCCC(=O)N1CCCC1)NC1CCCCC1. The van der Waals surface area contributed by atoms with Crippen molar-refractivity contribution < 1.29 is 4.79 Å². The fourth-order valence-corrected chi connectivity index (χ4v) is 3.15. The van der Waals surface area contributed by atoms with Crippen LogP contribution in [0, 0.1) is 0 Å². The van der Waals surface area contributed by atoms with Crippen molar-refractivity contribution in [2.45, 2.75) is 64.3 Å². The predicted molar refractivity (Wildman–Crippen MR) is 86.4 cm³/mol. The number of likely N-dealkylation sites (tertiary alicyclic amines) is 1. The molecule has 2 rings (SSSR count). The summed E-state index contributed by atoms with van der Waals surface area (Å²) < 4.78 is 0. The van der Waals surface area contributed by atoms with Crippen LogP contribution in [0.1, 0.15) is 58.3 Å². The summed E-state index contributed by atoms with van der Waals surface area (Å²) in [4.78, 5) is 18.5. The second-order valence-corrected chi connectivity index (χ2v) is 6.08. The van der Waals surface area contributed by atoms with Gasteiger partial charge in [-0.3, -0.25) is 9.79 Å². The van der Waals surface area contributed by atoms with E-state index in [2.05, 4.69) is 22.5 Å². The van der Waals surface area contributed by atoms with Crippen LogP contribution in [0.4, 0.5) is 0 Å². The van der Waals surface area contributed by atoms with E-state index in [1.807, 2.05) is 4.90 Å². The van der Waals surface area contributed by atoms with Crippen LogP contribution in [-0.2, 0) is 4.79 Å². The molecule has 0 spiro atoms. The van der Waals surface area contributed by atoms with E-state index >= 15 is 0 Å². The van der Waals surface area contributed by atoms with Crippen molar-refractivity contribution in [1.82, 2.24) is 15.5 Å². The number of hydrogen-bond donors (Lipinski definition) is 2. The number of nitrogens with zero attached hydrogens (tertiary/aromatic N) is 2. The highest BCUT2D eigenvalue weighted by Gasteiger charge is 2.17. The van der Waals surface area contributed by atoms with Crippen LogP contribution in [0.2, 0.25) is 0 Å². The van der Waals surface area contributed by atoms with E-state index in [0.29, 0.717) is 19.0 Å². The first-order valence-electron chi connectivity index (χ1n) is 8.62. The Morgan fingerprint density at radius 2 is 1.86 bits per heavy atom. The second kappa shape index (κ2) is 8.90. The molecule has 120 valence electrons. The maximum Gasteiger partial charge on any atom is 0.224 e. The number of carbonyl (C=O) groups is 1. The molecule has 21 heavy (non-hydrogen) atoms. The Bertz CT molecular complexity index is 344.